The third-order valence-corrected chi connectivity index (χ3v) is 6.42. The summed E-state index contributed by atoms with van der Waals surface area (Å²) in [5.74, 6) is -1.25. The summed E-state index contributed by atoms with van der Waals surface area (Å²) in [5.41, 5.74) is 7.38. The second-order valence-electron chi connectivity index (χ2n) is 9.18. The van der Waals surface area contributed by atoms with E-state index in [0.717, 1.165) is 0 Å². The number of sulfone groups is 1. The van der Waals surface area contributed by atoms with Crippen molar-refractivity contribution in [3.05, 3.63) is 54.6 Å². The lowest BCUT2D eigenvalue weighted by molar-refractivity contribution is -0.148. The van der Waals surface area contributed by atoms with Gasteiger partial charge in [-0.05, 0) is 63.1 Å². The third kappa shape index (κ3) is 8.44. The molecule has 10 heteroatoms. The number of rotatable bonds is 10. The number of carbonyl (C=O) groups excluding carboxylic acids is 2. The highest BCUT2D eigenvalue weighted by Crippen LogP contribution is 2.23. The van der Waals surface area contributed by atoms with Crippen LogP contribution < -0.4 is 21.3 Å². The van der Waals surface area contributed by atoms with Crippen LogP contribution >= 0.6 is 0 Å². The van der Waals surface area contributed by atoms with Crippen molar-refractivity contribution in [3.63, 3.8) is 0 Å². The number of hydrogen-bond donors (Lipinski definition) is 3. The largest absolute Gasteiger partial charge is 0.457 e. The predicted octanol–water partition coefficient (Wildman–Crippen LogP) is 2.57. The first-order valence-corrected chi connectivity index (χ1v) is 12.5. The lowest BCUT2D eigenvalue weighted by Gasteiger charge is -2.24. The van der Waals surface area contributed by atoms with Crippen molar-refractivity contribution in [2.45, 2.75) is 57.2 Å². The molecule has 0 bridgehead atoms. The number of amides is 2. The van der Waals surface area contributed by atoms with Gasteiger partial charge in [-0.3, -0.25) is 14.4 Å². The number of nitrogens with one attached hydrogen (secondary N) is 2. The van der Waals surface area contributed by atoms with Crippen molar-refractivity contribution in [1.82, 2.24) is 10.8 Å². The SMILES string of the molecule is CC(C)[C@H](N)C(=O)N[C@@H](CS(=O)(=O)c1ccc(Oc2ccccc2)cc1)C(=O)NOC(C)(C)C. The Bertz CT molecular complexity index is 1060. The molecule has 2 amide bonds. The zero-order valence-electron chi connectivity index (χ0n) is 20.1. The fraction of sp³-hybridized carbons (Fsp3) is 0.417. The second kappa shape index (κ2) is 11.5. The van der Waals surface area contributed by atoms with E-state index in [9.17, 15) is 18.0 Å². The van der Waals surface area contributed by atoms with Gasteiger partial charge in [0.1, 0.15) is 17.5 Å². The van der Waals surface area contributed by atoms with Crippen molar-refractivity contribution in [2.75, 3.05) is 5.75 Å². The molecule has 2 aromatic rings. The molecule has 0 unspecified atom stereocenters. The summed E-state index contributed by atoms with van der Waals surface area (Å²) in [6.07, 6.45) is 0. The van der Waals surface area contributed by atoms with Crippen LogP contribution in [0.1, 0.15) is 34.6 Å². The van der Waals surface area contributed by atoms with Gasteiger partial charge in [0, 0.05) is 0 Å². The smallest absolute Gasteiger partial charge is 0.267 e. The first kappa shape index (κ1) is 27.3. The Morgan fingerprint density at radius 3 is 2.03 bits per heavy atom. The molecule has 2 atom stereocenters. The van der Waals surface area contributed by atoms with Crippen LogP contribution in [-0.2, 0) is 24.3 Å². The molecule has 0 saturated carbocycles. The van der Waals surface area contributed by atoms with Crippen LogP contribution in [0, 0.1) is 5.92 Å². The van der Waals surface area contributed by atoms with Crippen molar-refractivity contribution < 1.29 is 27.6 Å². The minimum absolute atomic E-state index is 0.0233. The van der Waals surface area contributed by atoms with Gasteiger partial charge in [0.15, 0.2) is 9.84 Å². The van der Waals surface area contributed by atoms with Gasteiger partial charge in [-0.1, -0.05) is 32.0 Å². The molecular formula is C24H33N3O6S. The number of ether oxygens (including phenoxy) is 1. The molecule has 0 aliphatic heterocycles. The molecule has 0 saturated heterocycles. The van der Waals surface area contributed by atoms with Crippen LogP contribution in [0.3, 0.4) is 0 Å². The number of carbonyl (C=O) groups is 2. The molecule has 2 rings (SSSR count). The standard InChI is InChI=1S/C24H33N3O6S/c1-16(2)21(25)23(29)26-20(22(28)27-33-24(3,4)5)15-34(30,31)19-13-11-18(12-14-19)32-17-9-7-6-8-10-17/h6-14,16,20-21H,15,25H2,1-5H3,(H,26,29)(H,27,28)/t20-,21-/m0/s1. The van der Waals surface area contributed by atoms with Gasteiger partial charge < -0.3 is 15.8 Å². The highest BCUT2D eigenvalue weighted by molar-refractivity contribution is 7.91. The summed E-state index contributed by atoms with van der Waals surface area (Å²) in [7, 11) is -3.97. The molecule has 9 nitrogen and oxygen atoms in total. The van der Waals surface area contributed by atoms with Crippen molar-refractivity contribution in [1.29, 1.82) is 0 Å². The normalized spacial score (nSPS) is 13.7. The Morgan fingerprint density at radius 1 is 0.941 bits per heavy atom. The number of hydrogen-bond acceptors (Lipinski definition) is 7. The van der Waals surface area contributed by atoms with Gasteiger partial charge in [0.05, 0.1) is 22.3 Å². The Kier molecular flexibility index (Phi) is 9.20. The third-order valence-electron chi connectivity index (χ3n) is 4.66. The van der Waals surface area contributed by atoms with E-state index in [-0.39, 0.29) is 10.8 Å². The molecule has 0 aliphatic rings. The summed E-state index contributed by atoms with van der Waals surface area (Å²) in [4.78, 5) is 30.4. The highest BCUT2D eigenvalue weighted by atomic mass is 32.2. The van der Waals surface area contributed by atoms with E-state index in [1.165, 1.54) is 24.3 Å². The van der Waals surface area contributed by atoms with E-state index in [4.69, 9.17) is 15.3 Å². The van der Waals surface area contributed by atoms with Crippen LogP contribution in [0.4, 0.5) is 0 Å². The summed E-state index contributed by atoms with van der Waals surface area (Å²) >= 11 is 0. The van der Waals surface area contributed by atoms with Gasteiger partial charge in [-0.2, -0.15) is 0 Å². The van der Waals surface area contributed by atoms with Gasteiger partial charge in [-0.25, -0.2) is 13.9 Å². The van der Waals surface area contributed by atoms with E-state index in [0.29, 0.717) is 11.5 Å². The Balaban J connectivity index is 2.19. The minimum atomic E-state index is -3.97. The molecule has 0 aromatic heterocycles. The van der Waals surface area contributed by atoms with E-state index >= 15 is 0 Å². The quantitative estimate of drug-likeness (QED) is 0.434. The number of benzene rings is 2. The number of para-hydroxylation sites is 1. The van der Waals surface area contributed by atoms with E-state index < -0.39 is 45.1 Å². The average Bonchev–Trinajstić information content (AvgIpc) is 2.76. The molecule has 0 fully saturated rings. The van der Waals surface area contributed by atoms with Crippen LogP contribution in [0.2, 0.25) is 0 Å². The molecule has 0 radical (unpaired) electrons. The van der Waals surface area contributed by atoms with Gasteiger partial charge in [0.25, 0.3) is 5.91 Å². The second-order valence-corrected chi connectivity index (χ2v) is 11.2. The molecule has 0 aliphatic carbocycles. The van der Waals surface area contributed by atoms with Gasteiger partial charge in [0.2, 0.25) is 5.91 Å². The Labute approximate surface area is 200 Å². The molecule has 2 aromatic carbocycles. The van der Waals surface area contributed by atoms with E-state index in [1.54, 1.807) is 46.8 Å². The lowest BCUT2D eigenvalue weighted by atomic mass is 10.0. The summed E-state index contributed by atoms with van der Waals surface area (Å²) in [6.45, 7) is 8.64. The first-order valence-electron chi connectivity index (χ1n) is 10.9. The Hall–Kier alpha value is -2.95. The number of nitrogens with two attached hydrogens (primary N) is 1. The average molecular weight is 492 g/mol. The molecular weight excluding hydrogens is 458 g/mol. The fourth-order valence-corrected chi connectivity index (χ4v) is 4.10. The zero-order chi connectivity index (χ0) is 25.5. The monoisotopic (exact) mass is 491 g/mol. The van der Waals surface area contributed by atoms with Gasteiger partial charge in [-0.15, -0.1) is 0 Å². The minimum Gasteiger partial charge on any atom is -0.457 e. The van der Waals surface area contributed by atoms with E-state index in [1.807, 2.05) is 18.2 Å². The molecule has 34 heavy (non-hydrogen) atoms. The van der Waals surface area contributed by atoms with Crippen molar-refractivity contribution in [3.8, 4) is 11.5 Å². The predicted molar refractivity (Wildman–Crippen MR) is 129 cm³/mol. The van der Waals surface area contributed by atoms with E-state index in [2.05, 4.69) is 10.8 Å². The maximum Gasteiger partial charge on any atom is 0.267 e. The zero-order valence-corrected chi connectivity index (χ0v) is 20.9. The van der Waals surface area contributed by atoms with Crippen LogP contribution in [0.15, 0.2) is 59.5 Å². The molecule has 4 N–H and O–H groups in total. The lowest BCUT2D eigenvalue weighted by Crippen LogP contribution is -2.55. The number of hydroxylamine groups is 1. The first-order chi connectivity index (χ1) is 15.8. The highest BCUT2D eigenvalue weighted by Gasteiger charge is 2.31. The molecule has 0 spiro atoms. The topological polar surface area (TPSA) is 137 Å². The summed E-state index contributed by atoms with van der Waals surface area (Å²) in [5, 5.41) is 2.44. The summed E-state index contributed by atoms with van der Waals surface area (Å²) in [6, 6.07) is 12.5. The van der Waals surface area contributed by atoms with Crippen LogP contribution in [0.5, 0.6) is 11.5 Å². The van der Waals surface area contributed by atoms with Crippen LogP contribution in [0.25, 0.3) is 0 Å². The fourth-order valence-electron chi connectivity index (χ4n) is 2.68. The van der Waals surface area contributed by atoms with Crippen molar-refractivity contribution >= 4 is 21.7 Å². The molecule has 186 valence electrons. The van der Waals surface area contributed by atoms with Crippen LogP contribution in [-0.4, -0.2) is 43.7 Å². The molecule has 0 heterocycles. The maximum atomic E-state index is 13.1. The Morgan fingerprint density at radius 2 is 1.50 bits per heavy atom. The summed E-state index contributed by atoms with van der Waals surface area (Å²) < 4.78 is 31.8. The maximum absolute atomic E-state index is 13.1. The van der Waals surface area contributed by atoms with Gasteiger partial charge >= 0.3 is 0 Å². The van der Waals surface area contributed by atoms with Crippen molar-refractivity contribution in [2.24, 2.45) is 11.7 Å².